The van der Waals surface area contributed by atoms with Gasteiger partial charge < -0.3 is 14.5 Å². The van der Waals surface area contributed by atoms with Crippen LogP contribution in [0.4, 0.5) is 0 Å². The third-order valence-electron chi connectivity index (χ3n) is 5.63. The van der Waals surface area contributed by atoms with Crippen LogP contribution in [0.25, 0.3) is 11.5 Å². The summed E-state index contributed by atoms with van der Waals surface area (Å²) in [4.78, 5) is 24.3. The molecule has 154 valence electrons. The maximum absolute atomic E-state index is 12.4. The van der Waals surface area contributed by atoms with Gasteiger partial charge in [-0.25, -0.2) is 5.43 Å². The Morgan fingerprint density at radius 1 is 1.21 bits per heavy atom. The van der Waals surface area contributed by atoms with Crippen LogP contribution in [0.15, 0.2) is 34.7 Å². The van der Waals surface area contributed by atoms with Crippen molar-refractivity contribution < 1.29 is 18.7 Å². The Bertz CT molecular complexity index is 856. The fourth-order valence-electron chi connectivity index (χ4n) is 4.12. The van der Waals surface area contributed by atoms with E-state index in [9.17, 15) is 9.59 Å². The summed E-state index contributed by atoms with van der Waals surface area (Å²) in [5, 5.41) is 11.2. The number of amides is 1. The molecule has 9 nitrogen and oxygen atoms in total. The number of aromatic nitrogens is 2. The second kappa shape index (κ2) is 8.71. The maximum atomic E-state index is 12.4. The Balaban J connectivity index is 1.27. The zero-order valence-corrected chi connectivity index (χ0v) is 16.3. The van der Waals surface area contributed by atoms with E-state index in [0.717, 1.165) is 24.8 Å². The van der Waals surface area contributed by atoms with E-state index < -0.39 is 0 Å². The number of methoxy groups -OCH3 is 1. The summed E-state index contributed by atoms with van der Waals surface area (Å²) >= 11 is 0. The van der Waals surface area contributed by atoms with Crippen LogP contribution in [0.5, 0.6) is 0 Å². The number of esters is 1. The Kier molecular flexibility index (Phi) is 5.86. The molecule has 4 rings (SSSR count). The van der Waals surface area contributed by atoms with E-state index in [1.807, 2.05) is 30.3 Å². The summed E-state index contributed by atoms with van der Waals surface area (Å²) in [7, 11) is 1.39. The molecule has 29 heavy (non-hydrogen) atoms. The number of hydrazine groups is 1. The van der Waals surface area contributed by atoms with Gasteiger partial charge in [0.05, 0.1) is 7.11 Å². The van der Waals surface area contributed by atoms with Crippen LogP contribution < -0.4 is 16.2 Å². The van der Waals surface area contributed by atoms with Gasteiger partial charge in [0.25, 0.3) is 0 Å². The van der Waals surface area contributed by atoms with E-state index in [1.54, 1.807) is 0 Å². The van der Waals surface area contributed by atoms with Crippen molar-refractivity contribution in [1.29, 1.82) is 0 Å². The Morgan fingerprint density at radius 3 is 2.83 bits per heavy atom. The van der Waals surface area contributed by atoms with Crippen LogP contribution in [-0.4, -0.2) is 47.3 Å². The number of hydrogen-bond acceptors (Lipinski definition) is 8. The van der Waals surface area contributed by atoms with Gasteiger partial charge in [0.2, 0.25) is 17.7 Å². The van der Waals surface area contributed by atoms with Crippen molar-refractivity contribution in [3.05, 3.63) is 36.2 Å². The monoisotopic (exact) mass is 399 g/mol. The van der Waals surface area contributed by atoms with Gasteiger partial charge >= 0.3 is 5.97 Å². The van der Waals surface area contributed by atoms with Gasteiger partial charge in [-0.3, -0.25) is 15.0 Å². The molecular weight excluding hydrogens is 374 g/mol. The highest BCUT2D eigenvalue weighted by atomic mass is 16.5. The average molecular weight is 399 g/mol. The lowest BCUT2D eigenvalue weighted by atomic mass is 9.79. The molecule has 3 N–H and O–H groups in total. The van der Waals surface area contributed by atoms with Crippen molar-refractivity contribution in [1.82, 2.24) is 26.4 Å². The number of nitrogens with one attached hydrogen (secondary N) is 3. The summed E-state index contributed by atoms with van der Waals surface area (Å²) in [6.07, 6.45) is 3.15. The van der Waals surface area contributed by atoms with Crippen LogP contribution >= 0.6 is 0 Å². The number of carbonyl (C=O) groups is 2. The summed E-state index contributed by atoms with van der Waals surface area (Å²) in [6, 6.07) is 9.41. The predicted octanol–water partition coefficient (Wildman–Crippen LogP) is 0.972. The maximum Gasteiger partial charge on any atom is 0.324 e. The predicted molar refractivity (Wildman–Crippen MR) is 103 cm³/mol. The molecule has 2 aromatic rings. The summed E-state index contributed by atoms with van der Waals surface area (Å²) in [5.41, 5.74) is 7.04. The molecule has 2 heterocycles. The van der Waals surface area contributed by atoms with Gasteiger partial charge in [0.1, 0.15) is 6.04 Å². The van der Waals surface area contributed by atoms with E-state index in [-0.39, 0.29) is 42.3 Å². The quantitative estimate of drug-likeness (QED) is 0.615. The van der Waals surface area contributed by atoms with E-state index in [4.69, 9.17) is 9.15 Å². The molecule has 1 aliphatic heterocycles. The molecule has 2 aliphatic rings. The number of aryl methyl sites for hydroxylation is 1. The first-order valence-electron chi connectivity index (χ1n) is 9.90. The van der Waals surface area contributed by atoms with Crippen molar-refractivity contribution >= 4 is 11.9 Å². The van der Waals surface area contributed by atoms with Gasteiger partial charge in [-0.2, -0.15) is 0 Å². The highest BCUT2D eigenvalue weighted by Gasteiger charge is 2.44. The third-order valence-corrected chi connectivity index (χ3v) is 5.63. The molecule has 1 saturated heterocycles. The number of ether oxygens (including phenoxy) is 1. The van der Waals surface area contributed by atoms with Crippen molar-refractivity contribution in [2.45, 2.75) is 50.2 Å². The number of benzene rings is 1. The largest absolute Gasteiger partial charge is 0.468 e. The molecule has 4 unspecified atom stereocenters. The molecule has 4 atom stereocenters. The number of hydrogen-bond donors (Lipinski definition) is 3. The second-order valence-corrected chi connectivity index (χ2v) is 7.50. The van der Waals surface area contributed by atoms with E-state index in [0.29, 0.717) is 18.2 Å². The topological polar surface area (TPSA) is 118 Å². The first-order chi connectivity index (χ1) is 14.1. The molecule has 0 bridgehead atoms. The molecule has 1 aliphatic carbocycles. The van der Waals surface area contributed by atoms with Crippen molar-refractivity contribution in [3.63, 3.8) is 0 Å². The fourth-order valence-corrected chi connectivity index (χ4v) is 4.12. The molecule has 9 heteroatoms. The molecular formula is C20H25N5O4. The highest BCUT2D eigenvalue weighted by molar-refractivity contribution is 5.77. The van der Waals surface area contributed by atoms with Crippen LogP contribution in [0.2, 0.25) is 0 Å². The van der Waals surface area contributed by atoms with Crippen LogP contribution in [0, 0.1) is 5.92 Å². The molecule has 2 fully saturated rings. The number of fused-ring (bicyclic) bond motifs is 1. The Hall–Kier alpha value is -2.78. The molecule has 1 saturated carbocycles. The lowest BCUT2D eigenvalue weighted by molar-refractivity contribution is -0.144. The summed E-state index contributed by atoms with van der Waals surface area (Å²) in [5.74, 6) is 0.669. The smallest absolute Gasteiger partial charge is 0.324 e. The minimum Gasteiger partial charge on any atom is -0.468 e. The van der Waals surface area contributed by atoms with Crippen LogP contribution in [0.1, 0.15) is 31.6 Å². The minimum atomic E-state index is -0.375. The van der Waals surface area contributed by atoms with Gasteiger partial charge in [0.15, 0.2) is 0 Å². The van der Waals surface area contributed by atoms with Crippen LogP contribution in [-0.2, 0) is 20.7 Å². The van der Waals surface area contributed by atoms with Crippen molar-refractivity contribution in [2.24, 2.45) is 5.92 Å². The normalized spacial score (nSPS) is 26.0. The van der Waals surface area contributed by atoms with Crippen molar-refractivity contribution in [2.75, 3.05) is 7.11 Å². The van der Waals surface area contributed by atoms with E-state index in [2.05, 4.69) is 26.4 Å². The lowest BCUT2D eigenvalue weighted by Gasteiger charge is -2.32. The number of nitrogens with zero attached hydrogens (tertiary/aromatic N) is 2. The SMILES string of the molecule is COC(=O)C1NNC2CCC(NC(=O)CCc3nnc(-c4ccccc4)o3)CC21. The first kappa shape index (κ1) is 19.5. The van der Waals surface area contributed by atoms with Gasteiger partial charge in [-0.1, -0.05) is 18.2 Å². The zero-order valence-electron chi connectivity index (χ0n) is 16.3. The molecule has 1 amide bonds. The summed E-state index contributed by atoms with van der Waals surface area (Å²) in [6.45, 7) is 0. The Morgan fingerprint density at radius 2 is 2.03 bits per heavy atom. The molecule has 0 spiro atoms. The molecule has 1 aromatic carbocycles. The third kappa shape index (κ3) is 4.46. The zero-order chi connectivity index (χ0) is 20.2. The van der Waals surface area contributed by atoms with Gasteiger partial charge in [0, 0.05) is 36.4 Å². The minimum absolute atomic E-state index is 0.0418. The Labute approximate surface area is 168 Å². The van der Waals surface area contributed by atoms with Gasteiger partial charge in [-0.15, -0.1) is 10.2 Å². The first-order valence-corrected chi connectivity index (χ1v) is 9.90. The van der Waals surface area contributed by atoms with Crippen molar-refractivity contribution in [3.8, 4) is 11.5 Å². The van der Waals surface area contributed by atoms with E-state index >= 15 is 0 Å². The molecule has 1 aromatic heterocycles. The second-order valence-electron chi connectivity index (χ2n) is 7.50. The van der Waals surface area contributed by atoms with E-state index in [1.165, 1.54) is 7.11 Å². The standard InChI is InChI=1S/C20H25N5O4/c1-28-20(27)18-14-11-13(7-8-15(14)22-24-18)21-16(26)9-10-17-23-25-19(29-17)12-5-3-2-4-6-12/h2-6,13-15,18,22,24H,7-11H2,1H3,(H,21,26). The van der Waals surface area contributed by atoms with Crippen LogP contribution in [0.3, 0.4) is 0 Å². The number of carbonyl (C=O) groups excluding carboxylic acids is 2. The van der Waals surface area contributed by atoms with Gasteiger partial charge in [-0.05, 0) is 31.4 Å². The number of rotatable bonds is 6. The molecule has 0 radical (unpaired) electrons. The summed E-state index contributed by atoms with van der Waals surface area (Å²) < 4.78 is 10.5. The highest BCUT2D eigenvalue weighted by Crippen LogP contribution is 2.31. The fraction of sp³-hybridized carbons (Fsp3) is 0.500. The lowest BCUT2D eigenvalue weighted by Crippen LogP contribution is -2.46. The average Bonchev–Trinajstić information content (AvgIpc) is 3.39.